The third-order valence-electron chi connectivity index (χ3n) is 5.20. The Balaban J connectivity index is 1.50. The monoisotopic (exact) mass is 438 g/mol. The summed E-state index contributed by atoms with van der Waals surface area (Å²) in [6.07, 6.45) is 0. The zero-order valence-corrected chi connectivity index (χ0v) is 17.8. The van der Waals surface area contributed by atoms with Crippen LogP contribution in [0.4, 0.5) is 5.82 Å². The van der Waals surface area contributed by atoms with E-state index < -0.39 is 16.0 Å². The van der Waals surface area contributed by atoms with E-state index in [0.717, 1.165) is 17.1 Å². The van der Waals surface area contributed by atoms with Crippen LogP contribution in [0.15, 0.2) is 65.6 Å². The summed E-state index contributed by atoms with van der Waals surface area (Å²) in [6, 6.07) is 17.1. The number of piperazine rings is 1. The molecule has 1 aliphatic heterocycles. The maximum Gasteiger partial charge on any atom is 0.335 e. The Labute approximate surface area is 180 Å². The topological polar surface area (TPSA) is 104 Å². The van der Waals surface area contributed by atoms with Gasteiger partial charge < -0.3 is 10.0 Å². The van der Waals surface area contributed by atoms with Crippen molar-refractivity contribution in [2.75, 3.05) is 31.1 Å². The lowest BCUT2D eigenvalue weighted by Crippen LogP contribution is -2.49. The quantitative estimate of drug-likeness (QED) is 0.653. The number of aromatic carboxylic acids is 1. The molecule has 2 aromatic carbocycles. The number of rotatable bonds is 5. The van der Waals surface area contributed by atoms with Gasteiger partial charge in [-0.05, 0) is 31.2 Å². The molecule has 3 aromatic rings. The Morgan fingerprint density at radius 3 is 2.19 bits per heavy atom. The lowest BCUT2D eigenvalue weighted by molar-refractivity contribution is 0.0696. The van der Waals surface area contributed by atoms with Crippen LogP contribution in [0, 0.1) is 6.92 Å². The average Bonchev–Trinajstić information content (AvgIpc) is 2.79. The molecule has 0 amide bonds. The lowest BCUT2D eigenvalue weighted by Gasteiger charge is -2.34. The molecular weight excluding hydrogens is 416 g/mol. The first-order chi connectivity index (χ1) is 14.8. The third kappa shape index (κ3) is 4.42. The second kappa shape index (κ2) is 8.44. The van der Waals surface area contributed by atoms with Crippen molar-refractivity contribution in [3.63, 3.8) is 0 Å². The highest BCUT2D eigenvalue weighted by atomic mass is 32.2. The molecular formula is C22H22N4O4S. The summed E-state index contributed by atoms with van der Waals surface area (Å²) in [7, 11) is -3.69. The van der Waals surface area contributed by atoms with Gasteiger partial charge in [-0.2, -0.15) is 4.31 Å². The normalized spacial score (nSPS) is 15.1. The molecule has 1 saturated heterocycles. The van der Waals surface area contributed by atoms with E-state index >= 15 is 0 Å². The van der Waals surface area contributed by atoms with Gasteiger partial charge >= 0.3 is 5.97 Å². The standard InChI is InChI=1S/C22H22N4O4S/c1-16-23-20(17-5-3-2-4-6-17)15-21(24-16)25-11-13-26(14-12-25)31(29,30)19-9-7-18(8-10-19)22(27)28/h2-10,15H,11-14H2,1H3,(H,27,28). The number of benzene rings is 2. The van der Waals surface area contributed by atoms with Crippen molar-refractivity contribution in [3.05, 3.63) is 72.1 Å². The number of hydrogen-bond acceptors (Lipinski definition) is 6. The van der Waals surface area contributed by atoms with Crippen LogP contribution in [0.1, 0.15) is 16.2 Å². The van der Waals surface area contributed by atoms with Crippen molar-refractivity contribution in [2.24, 2.45) is 0 Å². The summed E-state index contributed by atoms with van der Waals surface area (Å²) >= 11 is 0. The number of aryl methyl sites for hydroxylation is 1. The highest BCUT2D eigenvalue weighted by Gasteiger charge is 2.29. The van der Waals surface area contributed by atoms with E-state index in [0.29, 0.717) is 32.0 Å². The molecule has 0 unspecified atom stereocenters. The lowest BCUT2D eigenvalue weighted by atomic mass is 10.1. The summed E-state index contributed by atoms with van der Waals surface area (Å²) in [5.74, 6) is 0.340. The third-order valence-corrected chi connectivity index (χ3v) is 7.11. The van der Waals surface area contributed by atoms with E-state index in [4.69, 9.17) is 5.11 Å². The highest BCUT2D eigenvalue weighted by Crippen LogP contribution is 2.24. The fourth-order valence-corrected chi connectivity index (χ4v) is 4.97. The molecule has 8 nitrogen and oxygen atoms in total. The Kier molecular flexibility index (Phi) is 5.71. The Bertz CT molecular complexity index is 1190. The first-order valence-corrected chi connectivity index (χ1v) is 11.3. The first-order valence-electron chi connectivity index (χ1n) is 9.84. The van der Waals surface area contributed by atoms with Crippen LogP contribution in [0.2, 0.25) is 0 Å². The number of sulfonamides is 1. The van der Waals surface area contributed by atoms with E-state index in [1.807, 2.05) is 43.3 Å². The van der Waals surface area contributed by atoms with Gasteiger partial charge in [-0.3, -0.25) is 0 Å². The van der Waals surface area contributed by atoms with Crippen molar-refractivity contribution < 1.29 is 18.3 Å². The second-order valence-corrected chi connectivity index (χ2v) is 9.18. The Morgan fingerprint density at radius 1 is 0.935 bits per heavy atom. The van der Waals surface area contributed by atoms with Crippen molar-refractivity contribution in [2.45, 2.75) is 11.8 Å². The smallest absolute Gasteiger partial charge is 0.335 e. The summed E-state index contributed by atoms with van der Waals surface area (Å²) in [5, 5.41) is 9.00. The van der Waals surface area contributed by atoms with E-state index in [9.17, 15) is 13.2 Å². The number of hydrogen-bond donors (Lipinski definition) is 1. The minimum Gasteiger partial charge on any atom is -0.478 e. The van der Waals surface area contributed by atoms with Gasteiger partial charge in [-0.1, -0.05) is 30.3 Å². The SMILES string of the molecule is Cc1nc(-c2ccccc2)cc(N2CCN(S(=O)(=O)c3ccc(C(=O)O)cc3)CC2)n1. The van der Waals surface area contributed by atoms with Crippen molar-refractivity contribution in [1.82, 2.24) is 14.3 Å². The molecule has 1 fully saturated rings. The molecule has 0 atom stereocenters. The first kappa shape index (κ1) is 21.0. The minimum absolute atomic E-state index is 0.0529. The Hall–Kier alpha value is -3.30. The molecule has 160 valence electrons. The van der Waals surface area contributed by atoms with Crippen LogP contribution in [0.5, 0.6) is 0 Å². The van der Waals surface area contributed by atoms with Gasteiger partial charge in [0, 0.05) is 37.8 Å². The number of carboxylic acids is 1. The molecule has 1 aromatic heterocycles. The van der Waals surface area contributed by atoms with Crippen LogP contribution in [-0.2, 0) is 10.0 Å². The largest absolute Gasteiger partial charge is 0.478 e. The van der Waals surface area contributed by atoms with Gasteiger partial charge in [0.2, 0.25) is 10.0 Å². The zero-order chi connectivity index (χ0) is 22.0. The van der Waals surface area contributed by atoms with E-state index in [1.165, 1.54) is 28.6 Å². The fourth-order valence-electron chi connectivity index (χ4n) is 3.55. The highest BCUT2D eigenvalue weighted by molar-refractivity contribution is 7.89. The van der Waals surface area contributed by atoms with Crippen LogP contribution >= 0.6 is 0 Å². The average molecular weight is 439 g/mol. The Morgan fingerprint density at radius 2 is 1.58 bits per heavy atom. The van der Waals surface area contributed by atoms with Crippen LogP contribution in [-0.4, -0.2) is 59.9 Å². The van der Waals surface area contributed by atoms with Crippen LogP contribution in [0.3, 0.4) is 0 Å². The van der Waals surface area contributed by atoms with Gasteiger partial charge in [0.15, 0.2) is 0 Å². The van der Waals surface area contributed by atoms with Crippen LogP contribution in [0.25, 0.3) is 11.3 Å². The predicted molar refractivity (Wildman–Crippen MR) is 117 cm³/mol. The maximum absolute atomic E-state index is 12.9. The van der Waals surface area contributed by atoms with E-state index in [-0.39, 0.29) is 10.5 Å². The van der Waals surface area contributed by atoms with Crippen molar-refractivity contribution >= 4 is 21.8 Å². The number of anilines is 1. The zero-order valence-electron chi connectivity index (χ0n) is 17.0. The van der Waals surface area contributed by atoms with Crippen molar-refractivity contribution in [1.29, 1.82) is 0 Å². The van der Waals surface area contributed by atoms with E-state index in [2.05, 4.69) is 14.9 Å². The fraction of sp³-hybridized carbons (Fsp3) is 0.227. The molecule has 0 radical (unpaired) electrons. The molecule has 31 heavy (non-hydrogen) atoms. The summed E-state index contributed by atoms with van der Waals surface area (Å²) < 4.78 is 27.3. The van der Waals surface area contributed by atoms with Gasteiger partial charge in [0.05, 0.1) is 16.2 Å². The summed E-state index contributed by atoms with van der Waals surface area (Å²) in [5.41, 5.74) is 1.88. The van der Waals surface area contributed by atoms with Gasteiger partial charge in [-0.15, -0.1) is 0 Å². The number of carbonyl (C=O) groups is 1. The molecule has 0 saturated carbocycles. The molecule has 9 heteroatoms. The maximum atomic E-state index is 12.9. The van der Waals surface area contributed by atoms with Crippen LogP contribution < -0.4 is 4.90 Å². The molecule has 0 spiro atoms. The molecule has 0 bridgehead atoms. The van der Waals surface area contributed by atoms with Gasteiger partial charge in [0.1, 0.15) is 11.6 Å². The van der Waals surface area contributed by atoms with E-state index in [1.54, 1.807) is 0 Å². The molecule has 2 heterocycles. The number of carboxylic acid groups (broad SMARTS) is 1. The van der Waals surface area contributed by atoms with Gasteiger partial charge in [-0.25, -0.2) is 23.2 Å². The minimum atomic E-state index is -3.69. The molecule has 1 aliphatic rings. The van der Waals surface area contributed by atoms with Crippen molar-refractivity contribution in [3.8, 4) is 11.3 Å². The number of aromatic nitrogens is 2. The van der Waals surface area contributed by atoms with Gasteiger partial charge in [0.25, 0.3) is 0 Å². The molecule has 4 rings (SSSR count). The molecule has 1 N–H and O–H groups in total. The molecule has 0 aliphatic carbocycles. The summed E-state index contributed by atoms with van der Waals surface area (Å²) in [6.45, 7) is 3.46. The predicted octanol–water partition coefficient (Wildman–Crippen LogP) is 2.66. The summed E-state index contributed by atoms with van der Waals surface area (Å²) in [4.78, 5) is 22.2. The second-order valence-electron chi connectivity index (χ2n) is 7.25. The number of nitrogens with zero attached hydrogens (tertiary/aromatic N) is 4.